The number of nitrogens with one attached hydrogen (secondary N) is 1. The second kappa shape index (κ2) is 5.75. The summed E-state index contributed by atoms with van der Waals surface area (Å²) in [6.45, 7) is 4.38. The highest BCUT2D eigenvalue weighted by Crippen LogP contribution is 2.41. The van der Waals surface area contributed by atoms with Gasteiger partial charge in [-0.05, 0) is 41.5 Å². The fourth-order valence-electron chi connectivity index (χ4n) is 3.19. The Bertz CT molecular complexity index is 884. The molecule has 0 unspecified atom stereocenters. The first kappa shape index (κ1) is 16.7. The van der Waals surface area contributed by atoms with Crippen LogP contribution in [-0.2, 0) is 15.4 Å². The van der Waals surface area contributed by atoms with E-state index in [2.05, 4.69) is 25.2 Å². The molecular weight excluding hydrogens is 328 g/mol. The molecule has 0 radical (unpaired) electrons. The predicted octanol–water partition coefficient (Wildman–Crippen LogP) is 2.47. The fourth-order valence-corrected chi connectivity index (χ4v) is 3.65. The number of primary sulfonamides is 1. The number of hydrogen-bond acceptors (Lipinski definition) is 4. The number of carbonyl (C=O) groups excluding carboxylic acids is 1. The summed E-state index contributed by atoms with van der Waals surface area (Å²) >= 11 is 0. The maximum Gasteiger partial charge on any atom is 0.287 e. The summed E-state index contributed by atoms with van der Waals surface area (Å²) in [6, 6.07) is 10.4. The van der Waals surface area contributed by atoms with Gasteiger partial charge in [0, 0.05) is 0 Å². The minimum absolute atomic E-state index is 0.0588. The van der Waals surface area contributed by atoms with Crippen molar-refractivity contribution in [3.63, 3.8) is 0 Å². The van der Waals surface area contributed by atoms with Crippen LogP contribution in [0.25, 0.3) is 0 Å². The van der Waals surface area contributed by atoms with Crippen molar-refractivity contribution >= 4 is 15.9 Å². The molecule has 128 valence electrons. The van der Waals surface area contributed by atoms with E-state index in [1.54, 1.807) is 0 Å². The normalized spacial score (nSPS) is 19.5. The number of rotatable bonds is 3. The molecule has 0 fully saturated rings. The Morgan fingerprint density at radius 1 is 1.25 bits per heavy atom. The molecule has 1 atom stereocenters. The molecule has 6 nitrogen and oxygen atoms in total. The van der Waals surface area contributed by atoms with Crippen LogP contribution in [0.3, 0.4) is 0 Å². The molecule has 2 aromatic rings. The molecule has 1 aliphatic rings. The number of sulfonamides is 1. The van der Waals surface area contributed by atoms with Crippen molar-refractivity contribution < 1.29 is 17.6 Å². The first-order valence-electron chi connectivity index (χ1n) is 7.71. The molecule has 0 bridgehead atoms. The topological polar surface area (TPSA) is 102 Å². The van der Waals surface area contributed by atoms with Crippen molar-refractivity contribution in [2.75, 3.05) is 0 Å². The van der Waals surface area contributed by atoms with E-state index < -0.39 is 21.0 Å². The van der Waals surface area contributed by atoms with Crippen LogP contribution >= 0.6 is 0 Å². The fraction of sp³-hybridized carbons (Fsp3) is 0.353. The van der Waals surface area contributed by atoms with Crippen molar-refractivity contribution in [3.8, 4) is 0 Å². The third-order valence-corrected chi connectivity index (χ3v) is 5.29. The molecule has 1 aromatic heterocycles. The molecule has 1 aliphatic carbocycles. The van der Waals surface area contributed by atoms with Gasteiger partial charge in [-0.15, -0.1) is 0 Å². The van der Waals surface area contributed by atoms with Crippen molar-refractivity contribution in [1.82, 2.24) is 5.32 Å². The lowest BCUT2D eigenvalue weighted by Crippen LogP contribution is -2.35. The molecule has 0 saturated carbocycles. The van der Waals surface area contributed by atoms with E-state index in [4.69, 9.17) is 9.56 Å². The second-order valence-corrected chi connectivity index (χ2v) is 8.19. The van der Waals surface area contributed by atoms with Crippen LogP contribution in [0.5, 0.6) is 0 Å². The largest absolute Gasteiger partial charge is 0.438 e. The van der Waals surface area contributed by atoms with Crippen molar-refractivity contribution in [1.29, 1.82) is 0 Å². The van der Waals surface area contributed by atoms with Crippen LogP contribution in [0.4, 0.5) is 0 Å². The van der Waals surface area contributed by atoms with Crippen LogP contribution in [0, 0.1) is 0 Å². The zero-order valence-electron chi connectivity index (χ0n) is 13.6. The van der Waals surface area contributed by atoms with E-state index in [1.807, 2.05) is 18.2 Å². The van der Waals surface area contributed by atoms with E-state index in [9.17, 15) is 13.2 Å². The standard InChI is InChI=1S/C17H20N2O4S/c1-17(2)10-9-13(11-5-3-4-6-12(11)17)19-16(20)14-7-8-15(23-14)24(18,21)22/h3-8,13H,9-10H2,1-2H3,(H,19,20)(H2,18,21,22)/t13-/m1/s1. The third-order valence-electron chi connectivity index (χ3n) is 4.51. The van der Waals surface area contributed by atoms with Gasteiger partial charge in [-0.1, -0.05) is 38.1 Å². The second-order valence-electron chi connectivity index (χ2n) is 6.70. The molecule has 3 rings (SSSR count). The predicted molar refractivity (Wildman–Crippen MR) is 89.0 cm³/mol. The molecule has 1 amide bonds. The zero-order chi connectivity index (χ0) is 17.5. The van der Waals surface area contributed by atoms with Crippen LogP contribution in [0.2, 0.25) is 0 Å². The molecule has 1 aromatic carbocycles. The van der Waals surface area contributed by atoms with Gasteiger partial charge in [0.15, 0.2) is 5.76 Å². The van der Waals surface area contributed by atoms with Crippen molar-refractivity contribution in [2.24, 2.45) is 5.14 Å². The lowest BCUT2D eigenvalue weighted by molar-refractivity contribution is 0.0896. The first-order chi connectivity index (χ1) is 11.2. The van der Waals surface area contributed by atoms with E-state index in [1.165, 1.54) is 17.7 Å². The van der Waals surface area contributed by atoms with Crippen LogP contribution in [0.15, 0.2) is 45.9 Å². The smallest absolute Gasteiger partial charge is 0.287 e. The highest BCUT2D eigenvalue weighted by atomic mass is 32.2. The third kappa shape index (κ3) is 3.09. The summed E-state index contributed by atoms with van der Waals surface area (Å²) < 4.78 is 27.5. The van der Waals surface area contributed by atoms with Gasteiger partial charge in [0.05, 0.1) is 6.04 Å². The Morgan fingerprint density at radius 3 is 2.62 bits per heavy atom. The summed E-state index contributed by atoms with van der Waals surface area (Å²) in [7, 11) is -3.96. The molecule has 1 heterocycles. The Hall–Kier alpha value is -2.12. The van der Waals surface area contributed by atoms with Gasteiger partial charge >= 0.3 is 0 Å². The number of carbonyl (C=O) groups is 1. The van der Waals surface area contributed by atoms with Gasteiger partial charge in [-0.2, -0.15) is 0 Å². The van der Waals surface area contributed by atoms with Gasteiger partial charge < -0.3 is 9.73 Å². The Morgan fingerprint density at radius 2 is 1.96 bits per heavy atom. The Labute approximate surface area is 141 Å². The van der Waals surface area contributed by atoms with Crippen LogP contribution in [0.1, 0.15) is 54.4 Å². The number of benzene rings is 1. The molecule has 7 heteroatoms. The van der Waals surface area contributed by atoms with Crippen molar-refractivity contribution in [3.05, 3.63) is 53.3 Å². The summed E-state index contributed by atoms with van der Waals surface area (Å²) in [5.74, 6) is -0.522. The van der Waals surface area contributed by atoms with Crippen LogP contribution in [-0.4, -0.2) is 14.3 Å². The number of fused-ring (bicyclic) bond motifs is 1. The average molecular weight is 348 g/mol. The molecular formula is C17H20N2O4S. The van der Waals surface area contributed by atoms with Gasteiger partial charge in [0.2, 0.25) is 5.09 Å². The van der Waals surface area contributed by atoms with E-state index in [0.717, 1.165) is 18.4 Å². The SMILES string of the molecule is CC1(C)CC[C@@H](NC(=O)c2ccc(S(N)(=O)=O)o2)c2ccccc21. The maximum atomic E-state index is 12.4. The molecule has 3 N–H and O–H groups in total. The lowest BCUT2D eigenvalue weighted by Gasteiger charge is -2.37. The highest BCUT2D eigenvalue weighted by molar-refractivity contribution is 7.89. The number of nitrogens with two attached hydrogens (primary N) is 1. The highest BCUT2D eigenvalue weighted by Gasteiger charge is 2.33. The molecule has 0 spiro atoms. The van der Waals surface area contributed by atoms with Crippen molar-refractivity contribution in [2.45, 2.75) is 43.2 Å². The maximum absolute atomic E-state index is 12.4. The van der Waals surface area contributed by atoms with Gasteiger partial charge in [-0.3, -0.25) is 4.79 Å². The number of furan rings is 1. The zero-order valence-corrected chi connectivity index (χ0v) is 14.4. The summed E-state index contributed by atoms with van der Waals surface area (Å²) in [5, 5.41) is 7.50. The summed E-state index contributed by atoms with van der Waals surface area (Å²) in [4.78, 5) is 12.4. The van der Waals surface area contributed by atoms with Gasteiger partial charge in [-0.25, -0.2) is 13.6 Å². The minimum Gasteiger partial charge on any atom is -0.438 e. The summed E-state index contributed by atoms with van der Waals surface area (Å²) in [5.41, 5.74) is 2.36. The first-order valence-corrected chi connectivity index (χ1v) is 9.26. The van der Waals surface area contributed by atoms with Gasteiger partial charge in [0.1, 0.15) is 0 Å². The summed E-state index contributed by atoms with van der Waals surface area (Å²) in [6.07, 6.45) is 1.74. The lowest BCUT2D eigenvalue weighted by atomic mass is 9.71. The number of hydrogen-bond donors (Lipinski definition) is 2. The Balaban J connectivity index is 1.84. The van der Waals surface area contributed by atoms with Crippen LogP contribution < -0.4 is 10.5 Å². The molecule has 0 saturated heterocycles. The van der Waals surface area contributed by atoms with Gasteiger partial charge in [0.25, 0.3) is 15.9 Å². The van der Waals surface area contributed by atoms with E-state index in [0.29, 0.717) is 0 Å². The molecule has 24 heavy (non-hydrogen) atoms. The number of amides is 1. The Kier molecular flexibility index (Phi) is 4.01. The molecule has 0 aliphatic heterocycles. The van der Waals surface area contributed by atoms with E-state index >= 15 is 0 Å². The quantitative estimate of drug-likeness (QED) is 0.889. The van der Waals surface area contributed by atoms with E-state index in [-0.39, 0.29) is 17.2 Å². The monoisotopic (exact) mass is 348 g/mol. The minimum atomic E-state index is -3.96. The average Bonchev–Trinajstić information content (AvgIpc) is 3.01.